The van der Waals surface area contributed by atoms with E-state index in [1.807, 2.05) is 49.4 Å². The normalized spacial score (nSPS) is 15.9. The highest BCUT2D eigenvalue weighted by Crippen LogP contribution is 2.23. The van der Waals surface area contributed by atoms with Gasteiger partial charge in [-0.05, 0) is 53.6 Å². The van der Waals surface area contributed by atoms with Gasteiger partial charge in [0.1, 0.15) is 5.75 Å². The second-order valence-electron chi connectivity index (χ2n) is 7.55. The molecule has 1 heterocycles. The molecular formula is C24H26N2O5S. The minimum absolute atomic E-state index is 0.192. The van der Waals surface area contributed by atoms with Crippen molar-refractivity contribution in [1.29, 1.82) is 0 Å². The van der Waals surface area contributed by atoms with Gasteiger partial charge < -0.3 is 14.8 Å². The van der Waals surface area contributed by atoms with E-state index in [1.54, 1.807) is 12.1 Å². The van der Waals surface area contributed by atoms with E-state index in [2.05, 4.69) is 5.32 Å². The molecule has 0 radical (unpaired) electrons. The fourth-order valence-corrected chi connectivity index (χ4v) is 5.00. The first-order chi connectivity index (χ1) is 15.5. The van der Waals surface area contributed by atoms with Crippen molar-refractivity contribution in [3.8, 4) is 5.75 Å². The lowest BCUT2D eigenvalue weighted by Gasteiger charge is -2.26. The molecule has 0 unspecified atom stereocenters. The summed E-state index contributed by atoms with van der Waals surface area (Å²) in [6, 6.07) is 19.9. The van der Waals surface area contributed by atoms with E-state index in [9.17, 15) is 13.2 Å². The fraction of sp³-hybridized carbons (Fsp3) is 0.292. The van der Waals surface area contributed by atoms with Crippen LogP contribution in [0.1, 0.15) is 13.3 Å². The number of hydrogen-bond acceptors (Lipinski definition) is 5. The highest BCUT2D eigenvalue weighted by Gasteiger charge is 2.26. The average molecular weight is 455 g/mol. The van der Waals surface area contributed by atoms with E-state index in [4.69, 9.17) is 9.47 Å². The number of morpholine rings is 1. The first kappa shape index (κ1) is 22.3. The molecule has 1 aliphatic rings. The van der Waals surface area contributed by atoms with E-state index < -0.39 is 16.1 Å². The first-order valence-corrected chi connectivity index (χ1v) is 12.1. The minimum Gasteiger partial charge on any atom is -0.481 e. The number of anilines is 1. The largest absolute Gasteiger partial charge is 0.481 e. The van der Waals surface area contributed by atoms with Gasteiger partial charge in [-0.1, -0.05) is 37.3 Å². The second kappa shape index (κ2) is 9.68. The number of nitrogens with zero attached hydrogens (tertiary/aromatic N) is 1. The molecule has 1 atom stereocenters. The number of hydrogen-bond donors (Lipinski definition) is 1. The summed E-state index contributed by atoms with van der Waals surface area (Å²) in [5.41, 5.74) is 0.511. The lowest BCUT2D eigenvalue weighted by molar-refractivity contribution is -0.122. The summed E-state index contributed by atoms with van der Waals surface area (Å²) >= 11 is 0. The number of nitrogens with one attached hydrogen (secondary N) is 1. The summed E-state index contributed by atoms with van der Waals surface area (Å²) < 4.78 is 38.0. The molecule has 1 fully saturated rings. The van der Waals surface area contributed by atoms with Gasteiger partial charge in [-0.3, -0.25) is 4.79 Å². The number of ether oxygens (including phenoxy) is 2. The first-order valence-electron chi connectivity index (χ1n) is 10.6. The number of carbonyl (C=O) groups excluding carboxylic acids is 1. The topological polar surface area (TPSA) is 84.9 Å². The summed E-state index contributed by atoms with van der Waals surface area (Å²) in [7, 11) is -3.57. The van der Waals surface area contributed by atoms with Gasteiger partial charge in [0.25, 0.3) is 5.91 Å². The van der Waals surface area contributed by atoms with E-state index in [-0.39, 0.29) is 10.8 Å². The van der Waals surface area contributed by atoms with Gasteiger partial charge in [0, 0.05) is 18.8 Å². The van der Waals surface area contributed by atoms with Crippen molar-refractivity contribution < 1.29 is 22.7 Å². The maximum atomic E-state index is 12.8. The lowest BCUT2D eigenvalue weighted by Crippen LogP contribution is -2.40. The van der Waals surface area contributed by atoms with Crippen LogP contribution in [0.25, 0.3) is 10.8 Å². The number of amides is 1. The Morgan fingerprint density at radius 3 is 2.41 bits per heavy atom. The van der Waals surface area contributed by atoms with E-state index in [1.165, 1.54) is 16.4 Å². The number of sulfonamides is 1. The highest BCUT2D eigenvalue weighted by atomic mass is 32.2. The Labute approximate surface area is 188 Å². The Bertz CT molecular complexity index is 1190. The van der Waals surface area contributed by atoms with Gasteiger partial charge in [0.15, 0.2) is 6.10 Å². The third kappa shape index (κ3) is 4.93. The van der Waals surface area contributed by atoms with Crippen LogP contribution >= 0.6 is 0 Å². The maximum Gasteiger partial charge on any atom is 0.265 e. The zero-order valence-electron chi connectivity index (χ0n) is 17.9. The molecule has 1 aliphatic heterocycles. The van der Waals surface area contributed by atoms with Gasteiger partial charge in [-0.2, -0.15) is 4.31 Å². The van der Waals surface area contributed by atoms with Crippen LogP contribution in [0, 0.1) is 0 Å². The van der Waals surface area contributed by atoms with Crippen molar-refractivity contribution in [3.63, 3.8) is 0 Å². The molecule has 0 aromatic heterocycles. The molecule has 1 amide bonds. The van der Waals surface area contributed by atoms with Crippen LogP contribution in [0.2, 0.25) is 0 Å². The van der Waals surface area contributed by atoms with E-state index >= 15 is 0 Å². The number of fused-ring (bicyclic) bond motifs is 1. The van der Waals surface area contributed by atoms with Crippen LogP contribution in [0.5, 0.6) is 5.75 Å². The molecule has 168 valence electrons. The Balaban J connectivity index is 1.42. The van der Waals surface area contributed by atoms with Gasteiger partial charge in [-0.25, -0.2) is 8.42 Å². The van der Waals surface area contributed by atoms with Crippen LogP contribution in [-0.2, 0) is 19.6 Å². The molecule has 1 N–H and O–H groups in total. The van der Waals surface area contributed by atoms with Gasteiger partial charge in [-0.15, -0.1) is 0 Å². The van der Waals surface area contributed by atoms with Crippen LogP contribution in [-0.4, -0.2) is 51.0 Å². The van der Waals surface area contributed by atoms with Crippen LogP contribution < -0.4 is 10.1 Å². The summed E-state index contributed by atoms with van der Waals surface area (Å²) in [4.78, 5) is 13.0. The molecule has 7 nitrogen and oxygen atoms in total. The highest BCUT2D eigenvalue weighted by molar-refractivity contribution is 7.89. The van der Waals surface area contributed by atoms with Crippen molar-refractivity contribution in [3.05, 3.63) is 66.7 Å². The molecule has 3 aromatic rings. The van der Waals surface area contributed by atoms with Crippen molar-refractivity contribution in [2.45, 2.75) is 24.3 Å². The standard InChI is InChI=1S/C24H26N2O5S/c1-2-23(31-21-10-7-18-5-3-4-6-19(18)17-21)24(27)25-20-8-11-22(12-9-20)32(28,29)26-13-15-30-16-14-26/h3-12,17,23H,2,13-16H2,1H3,(H,25,27)/t23-/m0/s1. The van der Waals surface area contributed by atoms with Gasteiger partial charge in [0.05, 0.1) is 18.1 Å². The summed E-state index contributed by atoms with van der Waals surface area (Å²) in [6.07, 6.45) is -0.185. The molecule has 0 spiro atoms. The average Bonchev–Trinajstić information content (AvgIpc) is 2.83. The molecule has 4 rings (SSSR count). The van der Waals surface area contributed by atoms with Gasteiger partial charge in [0.2, 0.25) is 10.0 Å². The minimum atomic E-state index is -3.57. The molecule has 1 saturated heterocycles. The molecule has 8 heteroatoms. The van der Waals surface area contributed by atoms with Crippen molar-refractivity contribution >= 4 is 32.4 Å². The van der Waals surface area contributed by atoms with Gasteiger partial charge >= 0.3 is 0 Å². The maximum absolute atomic E-state index is 12.8. The zero-order chi connectivity index (χ0) is 22.6. The monoisotopic (exact) mass is 454 g/mol. The molecule has 0 saturated carbocycles. The lowest BCUT2D eigenvalue weighted by atomic mass is 10.1. The Kier molecular flexibility index (Phi) is 6.74. The third-order valence-electron chi connectivity index (χ3n) is 5.39. The number of rotatable bonds is 7. The third-order valence-corrected chi connectivity index (χ3v) is 7.31. The number of benzene rings is 3. The summed E-state index contributed by atoms with van der Waals surface area (Å²) in [5, 5.41) is 4.96. The van der Waals surface area contributed by atoms with Crippen LogP contribution in [0.3, 0.4) is 0 Å². The smallest absolute Gasteiger partial charge is 0.265 e. The molecule has 3 aromatic carbocycles. The predicted octanol–water partition coefficient (Wildman–Crippen LogP) is 3.66. The SMILES string of the molecule is CC[C@H](Oc1ccc2ccccc2c1)C(=O)Nc1ccc(S(=O)(=O)N2CCOCC2)cc1. The summed E-state index contributed by atoms with van der Waals surface area (Å²) in [5.74, 6) is 0.335. The fourth-order valence-electron chi connectivity index (χ4n) is 3.60. The molecule has 0 bridgehead atoms. The molecule has 32 heavy (non-hydrogen) atoms. The number of carbonyl (C=O) groups is 1. The van der Waals surface area contributed by atoms with Crippen molar-refractivity contribution in [2.24, 2.45) is 0 Å². The van der Waals surface area contributed by atoms with Crippen LogP contribution in [0.15, 0.2) is 71.6 Å². The van der Waals surface area contributed by atoms with Crippen LogP contribution in [0.4, 0.5) is 5.69 Å². The van der Waals surface area contributed by atoms with E-state index in [0.29, 0.717) is 44.2 Å². The molecular weight excluding hydrogens is 428 g/mol. The summed E-state index contributed by atoms with van der Waals surface area (Å²) in [6.45, 7) is 3.34. The zero-order valence-corrected chi connectivity index (χ0v) is 18.7. The quantitative estimate of drug-likeness (QED) is 0.589. The Morgan fingerprint density at radius 2 is 1.72 bits per heavy atom. The van der Waals surface area contributed by atoms with Crippen molar-refractivity contribution in [1.82, 2.24) is 4.31 Å². The Hall–Kier alpha value is -2.94. The molecule has 0 aliphatic carbocycles. The van der Waals surface area contributed by atoms with Crippen molar-refractivity contribution in [2.75, 3.05) is 31.6 Å². The second-order valence-corrected chi connectivity index (χ2v) is 9.49. The Morgan fingerprint density at radius 1 is 1.03 bits per heavy atom. The predicted molar refractivity (Wildman–Crippen MR) is 123 cm³/mol. The van der Waals surface area contributed by atoms with E-state index in [0.717, 1.165) is 10.8 Å².